The smallest absolute Gasteiger partial charge is 0.380 e. The highest BCUT2D eigenvalue weighted by atomic mass is 19.4. The van der Waals surface area contributed by atoms with Crippen molar-refractivity contribution in [3.63, 3.8) is 0 Å². The third-order valence-corrected chi connectivity index (χ3v) is 7.03. The number of benzene rings is 1. The van der Waals surface area contributed by atoms with E-state index < -0.39 is 11.7 Å². The number of amides is 1. The molecule has 1 aromatic carbocycles. The lowest BCUT2D eigenvalue weighted by atomic mass is 9.80. The molecule has 5 nitrogen and oxygen atoms in total. The van der Waals surface area contributed by atoms with Gasteiger partial charge < -0.3 is 15.5 Å². The predicted octanol–water partition coefficient (Wildman–Crippen LogP) is 4.46. The van der Waals surface area contributed by atoms with Crippen LogP contribution in [0.5, 0.6) is 0 Å². The standard InChI is InChI=1S/C25H27F3N4O/c1-14(25(26,27)28)22-18-6-3-7-20(31-23-16-11-21(23)32(2)13-16)19(18)12-17(30-22)5-4-10-29-24(33)15-8-9-15/h3-7,12,15-16,21,23,31H,1,8-11,13H2,2H3,(H,29,33)/b5-4+. The van der Waals surface area contributed by atoms with Crippen LogP contribution in [0.25, 0.3) is 22.4 Å². The van der Waals surface area contributed by atoms with Gasteiger partial charge in [-0.2, -0.15) is 13.2 Å². The Morgan fingerprint density at radius 3 is 2.73 bits per heavy atom. The molecule has 174 valence electrons. The molecule has 8 heteroatoms. The van der Waals surface area contributed by atoms with E-state index in [1.165, 1.54) is 0 Å². The highest BCUT2D eigenvalue weighted by molar-refractivity contribution is 6.01. The van der Waals surface area contributed by atoms with Crippen molar-refractivity contribution in [3.05, 3.63) is 48.3 Å². The summed E-state index contributed by atoms with van der Waals surface area (Å²) in [5.41, 5.74) is 0.0636. The second-order valence-electron chi connectivity index (χ2n) is 9.37. The first kappa shape index (κ1) is 21.9. The average Bonchev–Trinajstić information content (AvgIpc) is 3.49. The van der Waals surface area contributed by atoms with Crippen LogP contribution in [-0.4, -0.2) is 54.2 Å². The zero-order chi connectivity index (χ0) is 23.3. The zero-order valence-corrected chi connectivity index (χ0v) is 18.5. The van der Waals surface area contributed by atoms with E-state index in [0.717, 1.165) is 31.5 Å². The lowest BCUT2D eigenvalue weighted by Gasteiger charge is -2.37. The van der Waals surface area contributed by atoms with Crippen LogP contribution in [0.4, 0.5) is 18.9 Å². The fourth-order valence-corrected chi connectivity index (χ4v) is 4.96. The molecule has 3 atom stereocenters. The van der Waals surface area contributed by atoms with E-state index in [0.29, 0.717) is 41.0 Å². The monoisotopic (exact) mass is 456 g/mol. The molecule has 0 spiro atoms. The Hall–Kier alpha value is -2.87. The normalized spacial score (nSPS) is 24.8. The first-order chi connectivity index (χ1) is 15.7. The number of alkyl halides is 3. The van der Waals surface area contributed by atoms with E-state index in [9.17, 15) is 18.0 Å². The second-order valence-corrected chi connectivity index (χ2v) is 9.37. The van der Waals surface area contributed by atoms with Crippen molar-refractivity contribution in [1.82, 2.24) is 15.2 Å². The summed E-state index contributed by atoms with van der Waals surface area (Å²) in [5.74, 6) is 0.674. The Morgan fingerprint density at radius 1 is 1.30 bits per heavy atom. The number of halogens is 3. The van der Waals surface area contributed by atoms with E-state index in [1.54, 1.807) is 30.4 Å². The number of carbonyl (C=O) groups is 1. The van der Waals surface area contributed by atoms with Crippen LogP contribution in [0, 0.1) is 11.8 Å². The third kappa shape index (κ3) is 4.24. The van der Waals surface area contributed by atoms with Crippen LogP contribution in [0.1, 0.15) is 30.7 Å². The van der Waals surface area contributed by atoms with E-state index in [-0.39, 0.29) is 17.5 Å². The molecule has 2 saturated heterocycles. The second kappa shape index (κ2) is 8.17. The number of pyridine rings is 1. The van der Waals surface area contributed by atoms with Gasteiger partial charge in [-0.15, -0.1) is 0 Å². The first-order valence-corrected chi connectivity index (χ1v) is 11.3. The number of anilines is 1. The van der Waals surface area contributed by atoms with Crippen LogP contribution in [-0.2, 0) is 4.79 Å². The molecule has 2 aliphatic heterocycles. The van der Waals surface area contributed by atoms with Crippen molar-refractivity contribution in [2.75, 3.05) is 25.5 Å². The number of likely N-dealkylation sites (N-methyl/N-ethyl adjacent to an activating group) is 1. The largest absolute Gasteiger partial charge is 0.417 e. The summed E-state index contributed by atoms with van der Waals surface area (Å²) < 4.78 is 40.7. The summed E-state index contributed by atoms with van der Waals surface area (Å²) in [7, 11) is 2.11. The van der Waals surface area contributed by atoms with Gasteiger partial charge in [-0.3, -0.25) is 4.79 Å². The number of nitrogens with zero attached hydrogens (tertiary/aromatic N) is 2. The minimum Gasteiger partial charge on any atom is -0.380 e. The third-order valence-electron chi connectivity index (χ3n) is 7.03. The maximum atomic E-state index is 13.6. The van der Waals surface area contributed by atoms with Crippen molar-refractivity contribution in [3.8, 4) is 0 Å². The molecular weight excluding hydrogens is 429 g/mol. The summed E-state index contributed by atoms with van der Waals surface area (Å²) in [4.78, 5) is 18.4. The van der Waals surface area contributed by atoms with Gasteiger partial charge in [-0.1, -0.05) is 24.8 Å². The molecule has 1 aromatic heterocycles. The summed E-state index contributed by atoms with van der Waals surface area (Å²) in [5, 5.41) is 7.51. The van der Waals surface area contributed by atoms with Crippen LogP contribution in [0.3, 0.4) is 0 Å². The van der Waals surface area contributed by atoms with Gasteiger partial charge in [0.15, 0.2) is 0 Å². The van der Waals surface area contributed by atoms with Crippen LogP contribution < -0.4 is 10.6 Å². The Morgan fingerprint density at radius 2 is 2.09 bits per heavy atom. The van der Waals surface area contributed by atoms with Gasteiger partial charge >= 0.3 is 6.18 Å². The molecule has 2 aromatic rings. The Labute approximate surface area is 190 Å². The van der Waals surface area contributed by atoms with Crippen LogP contribution >= 0.6 is 0 Å². The Kier molecular flexibility index (Phi) is 5.43. The van der Waals surface area contributed by atoms with Crippen molar-refractivity contribution in [2.45, 2.75) is 37.5 Å². The molecule has 6 rings (SSSR count). The van der Waals surface area contributed by atoms with E-state index in [2.05, 4.69) is 34.1 Å². The minimum atomic E-state index is -4.58. The van der Waals surface area contributed by atoms with Crippen molar-refractivity contribution >= 4 is 34.0 Å². The number of allylic oxidation sites excluding steroid dienone is 1. The Bertz CT molecular complexity index is 1140. The minimum absolute atomic E-state index is 0.0174. The molecule has 1 amide bonds. The Balaban J connectivity index is 1.47. The summed E-state index contributed by atoms with van der Waals surface area (Å²) in [6.45, 7) is 4.64. The lowest BCUT2D eigenvalue weighted by molar-refractivity contribution is -0.122. The highest BCUT2D eigenvalue weighted by Gasteiger charge is 2.50. The summed E-state index contributed by atoms with van der Waals surface area (Å²) >= 11 is 0. The predicted molar refractivity (Wildman–Crippen MR) is 124 cm³/mol. The topological polar surface area (TPSA) is 57.3 Å². The lowest BCUT2D eigenvalue weighted by Crippen LogP contribution is -2.47. The number of carbonyl (C=O) groups excluding carboxylic acids is 1. The van der Waals surface area contributed by atoms with Crippen molar-refractivity contribution in [1.29, 1.82) is 0 Å². The molecule has 33 heavy (non-hydrogen) atoms. The van der Waals surface area contributed by atoms with Gasteiger partial charge in [-0.25, -0.2) is 4.98 Å². The van der Waals surface area contributed by atoms with Gasteiger partial charge in [0.05, 0.1) is 17.0 Å². The molecular formula is C25H27F3N4O. The van der Waals surface area contributed by atoms with Gasteiger partial charge in [0.1, 0.15) is 0 Å². The molecule has 2 N–H and O–H groups in total. The number of hydrogen-bond acceptors (Lipinski definition) is 4. The number of nitrogens with one attached hydrogen (secondary N) is 2. The van der Waals surface area contributed by atoms with Crippen LogP contribution in [0.15, 0.2) is 36.9 Å². The molecule has 3 unspecified atom stereocenters. The van der Waals surface area contributed by atoms with Gasteiger partial charge in [0.25, 0.3) is 0 Å². The van der Waals surface area contributed by atoms with Gasteiger partial charge in [0.2, 0.25) is 5.91 Å². The number of fused-ring (bicyclic) bond motifs is 2. The number of rotatable bonds is 7. The molecule has 0 radical (unpaired) electrons. The average molecular weight is 457 g/mol. The van der Waals surface area contributed by atoms with E-state index >= 15 is 0 Å². The highest BCUT2D eigenvalue weighted by Crippen LogP contribution is 2.43. The zero-order valence-electron chi connectivity index (χ0n) is 18.5. The SMILES string of the molecule is C=C(c1nc(/C=C/CNC(=O)C2CC2)cc2c(NC3C4CC3N(C)C4)cccc12)C(F)(F)F. The summed E-state index contributed by atoms with van der Waals surface area (Å²) in [6, 6.07) is 7.86. The first-order valence-electron chi connectivity index (χ1n) is 11.3. The quantitative estimate of drug-likeness (QED) is 0.646. The maximum absolute atomic E-state index is 13.6. The number of hydrogen-bond donors (Lipinski definition) is 2. The molecule has 4 fully saturated rings. The van der Waals surface area contributed by atoms with E-state index in [4.69, 9.17) is 0 Å². The van der Waals surface area contributed by atoms with E-state index in [1.807, 2.05) is 6.07 Å². The molecule has 4 aliphatic rings. The maximum Gasteiger partial charge on any atom is 0.417 e. The van der Waals surface area contributed by atoms with Crippen molar-refractivity contribution < 1.29 is 18.0 Å². The molecule has 2 saturated carbocycles. The summed E-state index contributed by atoms with van der Waals surface area (Å²) in [6.07, 6.45) is 1.76. The number of aromatic nitrogens is 1. The molecule has 3 heterocycles. The fourth-order valence-electron chi connectivity index (χ4n) is 4.96. The van der Waals surface area contributed by atoms with Gasteiger partial charge in [-0.05, 0) is 50.4 Å². The molecule has 2 bridgehead atoms. The van der Waals surface area contributed by atoms with Gasteiger partial charge in [0, 0.05) is 47.6 Å². The van der Waals surface area contributed by atoms with Crippen molar-refractivity contribution in [2.24, 2.45) is 11.8 Å². The van der Waals surface area contributed by atoms with Crippen LogP contribution in [0.2, 0.25) is 0 Å². The molecule has 2 aliphatic carbocycles. The fraction of sp³-hybridized carbons (Fsp3) is 0.440.